The quantitative estimate of drug-likeness (QED) is 0.722. The van der Waals surface area contributed by atoms with Gasteiger partial charge in [0.15, 0.2) is 17.3 Å². The Kier molecular flexibility index (Phi) is 4.69. The third-order valence-electron chi connectivity index (χ3n) is 2.93. The van der Waals surface area contributed by atoms with Crippen molar-refractivity contribution in [3.8, 4) is 0 Å². The van der Waals surface area contributed by atoms with E-state index in [-0.39, 0.29) is 23.3 Å². The fourth-order valence-electron chi connectivity index (χ4n) is 1.88. The van der Waals surface area contributed by atoms with E-state index in [2.05, 4.69) is 25.8 Å². The Labute approximate surface area is 132 Å². The highest BCUT2D eigenvalue weighted by atomic mass is 16.3. The lowest BCUT2D eigenvalue weighted by atomic mass is 10.2. The van der Waals surface area contributed by atoms with Crippen LogP contribution in [-0.4, -0.2) is 30.0 Å². The number of amides is 1. The summed E-state index contributed by atoms with van der Waals surface area (Å²) in [7, 11) is 3.86. The highest BCUT2D eigenvalue weighted by Crippen LogP contribution is 2.33. The lowest BCUT2D eigenvalue weighted by Gasteiger charge is -2.14. The number of nitroso groups, excluding NO2 is 1. The second-order valence-electron chi connectivity index (χ2n) is 4.97. The number of rotatable bonds is 5. The van der Waals surface area contributed by atoms with Crippen molar-refractivity contribution < 1.29 is 4.79 Å². The molecule has 120 valence electrons. The van der Waals surface area contributed by atoms with E-state index in [0.717, 1.165) is 5.69 Å². The van der Waals surface area contributed by atoms with Crippen molar-refractivity contribution in [3.63, 3.8) is 0 Å². The van der Waals surface area contributed by atoms with E-state index in [1.165, 1.54) is 6.92 Å². The molecule has 0 atom stereocenters. The molecule has 1 aromatic carbocycles. The van der Waals surface area contributed by atoms with Gasteiger partial charge in [0.2, 0.25) is 11.9 Å². The maximum atomic E-state index is 11.2. The van der Waals surface area contributed by atoms with Crippen molar-refractivity contribution in [1.82, 2.24) is 9.97 Å². The molecule has 2 aromatic rings. The Morgan fingerprint density at radius 1 is 1.17 bits per heavy atom. The largest absolute Gasteiger partial charge is 0.378 e. The standard InChI is InChI=1S/C14H17N7O2/c1-8(22)16-12-11(20-23)13(19-14(15)18-12)17-9-4-6-10(7-5-9)21(2)3/h4-7H,1-3H3,(H4,15,16,17,18,19,22). The molecule has 0 aliphatic carbocycles. The van der Waals surface area contributed by atoms with E-state index >= 15 is 0 Å². The van der Waals surface area contributed by atoms with Gasteiger partial charge in [-0.25, -0.2) is 0 Å². The number of anilines is 5. The molecule has 9 nitrogen and oxygen atoms in total. The van der Waals surface area contributed by atoms with Gasteiger partial charge in [0.25, 0.3) is 0 Å². The van der Waals surface area contributed by atoms with Gasteiger partial charge in [-0.05, 0) is 29.4 Å². The number of nitrogens with two attached hydrogens (primary N) is 1. The normalized spacial score (nSPS) is 10.0. The summed E-state index contributed by atoms with van der Waals surface area (Å²) < 4.78 is 0. The van der Waals surface area contributed by atoms with Crippen LogP contribution in [0.2, 0.25) is 0 Å². The van der Waals surface area contributed by atoms with Crippen LogP contribution in [0.15, 0.2) is 29.4 Å². The van der Waals surface area contributed by atoms with Gasteiger partial charge >= 0.3 is 0 Å². The van der Waals surface area contributed by atoms with Crippen molar-refractivity contribution in [3.05, 3.63) is 29.2 Å². The van der Waals surface area contributed by atoms with Crippen molar-refractivity contribution in [2.24, 2.45) is 5.18 Å². The van der Waals surface area contributed by atoms with Gasteiger partial charge < -0.3 is 21.3 Å². The summed E-state index contributed by atoms with van der Waals surface area (Å²) in [5, 5.41) is 8.24. The Balaban J connectivity index is 2.36. The highest BCUT2D eigenvalue weighted by Gasteiger charge is 2.16. The van der Waals surface area contributed by atoms with Gasteiger partial charge in [-0.15, -0.1) is 4.91 Å². The Bertz CT molecular complexity index is 729. The molecule has 0 unspecified atom stereocenters. The molecule has 1 amide bonds. The molecule has 4 N–H and O–H groups in total. The molecule has 0 saturated heterocycles. The van der Waals surface area contributed by atoms with Crippen LogP contribution >= 0.6 is 0 Å². The van der Waals surface area contributed by atoms with Crippen LogP contribution in [0, 0.1) is 4.91 Å². The Morgan fingerprint density at radius 3 is 2.30 bits per heavy atom. The van der Waals surface area contributed by atoms with Gasteiger partial charge in [-0.2, -0.15) is 9.97 Å². The summed E-state index contributed by atoms with van der Waals surface area (Å²) in [6, 6.07) is 7.44. The van der Waals surface area contributed by atoms with Crippen LogP contribution in [0.25, 0.3) is 0 Å². The molecule has 1 aromatic heterocycles. The summed E-state index contributed by atoms with van der Waals surface area (Å²) in [5.74, 6) is -0.399. The van der Waals surface area contributed by atoms with Crippen LogP contribution < -0.4 is 21.3 Å². The van der Waals surface area contributed by atoms with E-state index < -0.39 is 5.91 Å². The maximum Gasteiger partial charge on any atom is 0.224 e. The number of carbonyl (C=O) groups excluding carboxylic acids is 1. The first-order valence-corrected chi connectivity index (χ1v) is 6.73. The average Bonchev–Trinajstić information content (AvgIpc) is 2.47. The van der Waals surface area contributed by atoms with Crippen molar-refractivity contribution in [1.29, 1.82) is 0 Å². The van der Waals surface area contributed by atoms with Crippen LogP contribution in [0.5, 0.6) is 0 Å². The second kappa shape index (κ2) is 6.69. The lowest BCUT2D eigenvalue weighted by molar-refractivity contribution is -0.114. The first-order chi connectivity index (χ1) is 10.9. The predicted octanol–water partition coefficient (Wildman–Crippen LogP) is 2.22. The molecule has 0 spiro atoms. The zero-order chi connectivity index (χ0) is 17.0. The topological polar surface area (TPSA) is 126 Å². The van der Waals surface area contributed by atoms with E-state index in [4.69, 9.17) is 5.73 Å². The number of nitrogens with one attached hydrogen (secondary N) is 2. The minimum absolute atomic E-state index is 0.0348. The summed E-state index contributed by atoms with van der Waals surface area (Å²) >= 11 is 0. The van der Waals surface area contributed by atoms with Crippen LogP contribution in [0.1, 0.15) is 6.92 Å². The molecule has 0 fully saturated rings. The molecule has 1 heterocycles. The SMILES string of the molecule is CC(=O)Nc1nc(N)nc(Nc2ccc(N(C)C)cc2)c1N=O. The van der Waals surface area contributed by atoms with E-state index in [9.17, 15) is 9.70 Å². The molecular weight excluding hydrogens is 298 g/mol. The van der Waals surface area contributed by atoms with Crippen molar-refractivity contribution in [2.75, 3.05) is 35.4 Å². The minimum atomic E-state index is -0.394. The average molecular weight is 315 g/mol. The number of hydrogen-bond donors (Lipinski definition) is 3. The molecule has 23 heavy (non-hydrogen) atoms. The number of aromatic nitrogens is 2. The fraction of sp³-hybridized carbons (Fsp3) is 0.214. The first-order valence-electron chi connectivity index (χ1n) is 6.73. The summed E-state index contributed by atoms with van der Waals surface area (Å²) in [4.78, 5) is 32.0. The minimum Gasteiger partial charge on any atom is -0.378 e. The second-order valence-corrected chi connectivity index (χ2v) is 4.97. The maximum absolute atomic E-state index is 11.2. The zero-order valence-corrected chi connectivity index (χ0v) is 13.0. The molecular formula is C14H17N7O2. The van der Waals surface area contributed by atoms with Gasteiger partial charge in [-0.1, -0.05) is 0 Å². The third-order valence-corrected chi connectivity index (χ3v) is 2.93. The number of nitrogen functional groups attached to an aromatic ring is 1. The molecule has 0 bridgehead atoms. The van der Waals surface area contributed by atoms with Gasteiger partial charge in [0.1, 0.15) is 0 Å². The van der Waals surface area contributed by atoms with Crippen LogP contribution in [-0.2, 0) is 4.79 Å². The molecule has 0 saturated carbocycles. The van der Waals surface area contributed by atoms with E-state index in [1.54, 1.807) is 0 Å². The molecule has 0 radical (unpaired) electrons. The monoisotopic (exact) mass is 315 g/mol. The Morgan fingerprint density at radius 2 is 1.78 bits per heavy atom. The third kappa shape index (κ3) is 3.90. The highest BCUT2D eigenvalue weighted by molar-refractivity contribution is 5.93. The van der Waals surface area contributed by atoms with Crippen LogP contribution in [0.4, 0.5) is 34.6 Å². The molecule has 0 aliphatic heterocycles. The molecule has 9 heteroatoms. The summed E-state index contributed by atoms with van der Waals surface area (Å²) in [5.41, 5.74) is 7.20. The number of benzene rings is 1. The zero-order valence-electron chi connectivity index (χ0n) is 13.0. The predicted molar refractivity (Wildman–Crippen MR) is 90.3 cm³/mol. The molecule has 2 rings (SSSR count). The first kappa shape index (κ1) is 16.1. The van der Waals surface area contributed by atoms with Crippen molar-refractivity contribution in [2.45, 2.75) is 6.92 Å². The van der Waals surface area contributed by atoms with Crippen molar-refractivity contribution >= 4 is 40.6 Å². The van der Waals surface area contributed by atoms with Gasteiger partial charge in [0.05, 0.1) is 0 Å². The lowest BCUT2D eigenvalue weighted by Crippen LogP contribution is -2.11. The van der Waals surface area contributed by atoms with Crippen LogP contribution in [0.3, 0.4) is 0 Å². The molecule has 0 aliphatic rings. The smallest absolute Gasteiger partial charge is 0.224 e. The fourth-order valence-corrected chi connectivity index (χ4v) is 1.88. The summed E-state index contributed by atoms with van der Waals surface area (Å²) in [6.45, 7) is 1.29. The number of hydrogen-bond acceptors (Lipinski definition) is 8. The number of nitrogens with zero attached hydrogens (tertiary/aromatic N) is 4. The van der Waals surface area contributed by atoms with Gasteiger partial charge in [0, 0.05) is 32.4 Å². The summed E-state index contributed by atoms with van der Waals surface area (Å²) in [6.07, 6.45) is 0. The van der Waals surface area contributed by atoms with E-state index in [0.29, 0.717) is 5.69 Å². The van der Waals surface area contributed by atoms with E-state index in [1.807, 2.05) is 43.3 Å². The number of carbonyl (C=O) groups is 1. The Hall–Kier alpha value is -3.23. The van der Waals surface area contributed by atoms with Gasteiger partial charge in [-0.3, -0.25) is 4.79 Å².